The maximum Gasteiger partial charge on any atom is 0.141 e. The molecule has 0 aliphatic heterocycles. The molecule has 1 aromatic heterocycles. The Morgan fingerprint density at radius 3 is 2.39 bits per heavy atom. The van der Waals surface area contributed by atoms with Gasteiger partial charge in [0, 0.05) is 5.02 Å². The van der Waals surface area contributed by atoms with Crippen LogP contribution in [-0.2, 0) is 0 Å². The monoisotopic (exact) mass is 296 g/mol. The number of nitrogens with zero attached hydrogens (tertiary/aromatic N) is 1. The van der Waals surface area contributed by atoms with Crippen molar-refractivity contribution in [1.82, 2.24) is 9.97 Å². The summed E-state index contributed by atoms with van der Waals surface area (Å²) in [6, 6.07) is 10.8. The normalized spacial score (nSPS) is 11.1. The summed E-state index contributed by atoms with van der Waals surface area (Å²) in [6.45, 7) is 0. The number of H-pyrrole nitrogens is 1. The number of hydrogen-bond acceptors (Lipinski definition) is 1. The van der Waals surface area contributed by atoms with E-state index in [0.29, 0.717) is 26.5 Å². The van der Waals surface area contributed by atoms with Crippen LogP contribution >= 0.6 is 34.8 Å². The van der Waals surface area contributed by atoms with Crippen molar-refractivity contribution in [3.8, 4) is 11.4 Å². The second kappa shape index (κ2) is 4.47. The molecule has 90 valence electrons. The lowest BCUT2D eigenvalue weighted by Gasteiger charge is -2.02. The van der Waals surface area contributed by atoms with Gasteiger partial charge >= 0.3 is 0 Å². The molecule has 0 aliphatic rings. The molecule has 1 heterocycles. The van der Waals surface area contributed by atoms with Crippen molar-refractivity contribution in [1.29, 1.82) is 0 Å². The first-order valence-corrected chi connectivity index (χ1v) is 6.38. The molecule has 18 heavy (non-hydrogen) atoms. The minimum atomic E-state index is 0.563. The van der Waals surface area contributed by atoms with Crippen molar-refractivity contribution in [2.75, 3.05) is 0 Å². The minimum absolute atomic E-state index is 0.563. The number of nitrogens with one attached hydrogen (secondary N) is 1. The number of aromatic amines is 1. The van der Waals surface area contributed by atoms with Crippen LogP contribution in [0, 0.1) is 0 Å². The highest BCUT2D eigenvalue weighted by atomic mass is 35.5. The predicted molar refractivity (Wildman–Crippen MR) is 76.6 cm³/mol. The number of benzene rings is 2. The number of aromatic nitrogens is 2. The highest BCUT2D eigenvalue weighted by Crippen LogP contribution is 2.34. The van der Waals surface area contributed by atoms with E-state index < -0.39 is 0 Å². The Morgan fingerprint density at radius 1 is 0.944 bits per heavy atom. The zero-order chi connectivity index (χ0) is 12.7. The number of halogens is 3. The van der Waals surface area contributed by atoms with Crippen molar-refractivity contribution in [2.24, 2.45) is 0 Å². The zero-order valence-electron chi connectivity index (χ0n) is 9.05. The molecule has 0 saturated carbocycles. The third-order valence-electron chi connectivity index (χ3n) is 2.64. The Labute approximate surface area is 119 Å². The lowest BCUT2D eigenvalue weighted by molar-refractivity contribution is 1.34. The summed E-state index contributed by atoms with van der Waals surface area (Å²) >= 11 is 18.2. The fourth-order valence-electron chi connectivity index (χ4n) is 1.82. The van der Waals surface area contributed by atoms with E-state index in [4.69, 9.17) is 34.8 Å². The minimum Gasteiger partial charge on any atom is -0.338 e. The van der Waals surface area contributed by atoms with E-state index in [2.05, 4.69) is 9.97 Å². The topological polar surface area (TPSA) is 28.7 Å². The molecule has 0 spiro atoms. The van der Waals surface area contributed by atoms with E-state index >= 15 is 0 Å². The summed E-state index contributed by atoms with van der Waals surface area (Å²) in [5.74, 6) is 0.642. The van der Waals surface area contributed by atoms with Crippen LogP contribution in [0.15, 0.2) is 36.4 Å². The molecule has 3 aromatic rings. The van der Waals surface area contributed by atoms with E-state index in [1.54, 1.807) is 30.3 Å². The second-order valence-electron chi connectivity index (χ2n) is 3.84. The highest BCUT2D eigenvalue weighted by molar-refractivity contribution is 6.39. The fourth-order valence-corrected chi connectivity index (χ4v) is 2.56. The van der Waals surface area contributed by atoms with Crippen LogP contribution in [0.1, 0.15) is 0 Å². The Kier molecular flexibility index (Phi) is 2.94. The summed E-state index contributed by atoms with van der Waals surface area (Å²) in [5.41, 5.74) is 2.38. The van der Waals surface area contributed by atoms with Crippen LogP contribution in [0.3, 0.4) is 0 Å². The van der Waals surface area contributed by atoms with Crippen LogP contribution in [0.25, 0.3) is 22.4 Å². The number of fused-ring (bicyclic) bond motifs is 1. The first kappa shape index (κ1) is 11.8. The summed E-state index contributed by atoms with van der Waals surface area (Å²) in [4.78, 5) is 7.64. The molecular weight excluding hydrogens is 291 g/mol. The summed E-state index contributed by atoms with van der Waals surface area (Å²) in [6.07, 6.45) is 0. The molecule has 0 unspecified atom stereocenters. The summed E-state index contributed by atoms with van der Waals surface area (Å²) in [5, 5.41) is 1.77. The molecule has 0 aliphatic carbocycles. The van der Waals surface area contributed by atoms with Gasteiger partial charge in [-0.05, 0) is 30.3 Å². The van der Waals surface area contributed by atoms with Crippen LogP contribution in [0.2, 0.25) is 15.1 Å². The molecule has 0 saturated heterocycles. The van der Waals surface area contributed by atoms with Gasteiger partial charge in [0.15, 0.2) is 0 Å². The standard InChI is InChI=1S/C13H7Cl3N2/c14-7-4-5-10-11(6-7)18-13(17-10)12-8(15)2-1-3-9(12)16/h1-6H,(H,17,18). The van der Waals surface area contributed by atoms with Gasteiger partial charge in [-0.15, -0.1) is 0 Å². The first-order valence-electron chi connectivity index (χ1n) is 5.25. The molecule has 5 heteroatoms. The molecule has 0 atom stereocenters. The fraction of sp³-hybridized carbons (Fsp3) is 0. The van der Waals surface area contributed by atoms with Gasteiger partial charge in [-0.25, -0.2) is 4.98 Å². The molecule has 2 nitrogen and oxygen atoms in total. The molecular formula is C13H7Cl3N2. The molecule has 0 amide bonds. The van der Waals surface area contributed by atoms with Crippen LogP contribution in [0.4, 0.5) is 0 Å². The smallest absolute Gasteiger partial charge is 0.141 e. The lowest BCUT2D eigenvalue weighted by Crippen LogP contribution is -1.83. The molecule has 2 aromatic carbocycles. The van der Waals surface area contributed by atoms with Gasteiger partial charge in [-0.1, -0.05) is 40.9 Å². The van der Waals surface area contributed by atoms with Gasteiger partial charge in [0.05, 0.1) is 26.6 Å². The number of hydrogen-bond donors (Lipinski definition) is 1. The maximum atomic E-state index is 6.15. The van der Waals surface area contributed by atoms with E-state index in [1.807, 2.05) is 6.07 Å². The van der Waals surface area contributed by atoms with Crippen molar-refractivity contribution >= 4 is 45.8 Å². The average Bonchev–Trinajstić information content (AvgIpc) is 2.71. The SMILES string of the molecule is Clc1ccc2[nH]c(-c3c(Cl)cccc3Cl)nc2c1. The van der Waals surface area contributed by atoms with Gasteiger partial charge < -0.3 is 4.98 Å². The van der Waals surface area contributed by atoms with Crippen molar-refractivity contribution in [3.05, 3.63) is 51.5 Å². The average molecular weight is 298 g/mol. The Balaban J connectivity index is 2.26. The lowest BCUT2D eigenvalue weighted by atomic mass is 10.2. The molecule has 3 rings (SSSR count). The van der Waals surface area contributed by atoms with Gasteiger partial charge in [-0.3, -0.25) is 0 Å². The second-order valence-corrected chi connectivity index (χ2v) is 5.09. The van der Waals surface area contributed by atoms with Crippen molar-refractivity contribution in [2.45, 2.75) is 0 Å². The van der Waals surface area contributed by atoms with E-state index in [9.17, 15) is 0 Å². The Hall–Kier alpha value is -1.22. The zero-order valence-corrected chi connectivity index (χ0v) is 11.3. The molecule has 1 N–H and O–H groups in total. The van der Waals surface area contributed by atoms with E-state index in [-0.39, 0.29) is 0 Å². The Morgan fingerprint density at radius 2 is 1.67 bits per heavy atom. The van der Waals surface area contributed by atoms with Gasteiger partial charge in [0.25, 0.3) is 0 Å². The van der Waals surface area contributed by atoms with E-state index in [0.717, 1.165) is 11.0 Å². The molecule has 0 radical (unpaired) electrons. The maximum absolute atomic E-state index is 6.15. The first-order chi connectivity index (χ1) is 8.65. The van der Waals surface area contributed by atoms with E-state index in [1.165, 1.54) is 0 Å². The van der Waals surface area contributed by atoms with Gasteiger partial charge in [0.1, 0.15) is 5.82 Å². The third kappa shape index (κ3) is 1.97. The largest absolute Gasteiger partial charge is 0.338 e. The van der Waals surface area contributed by atoms with Crippen molar-refractivity contribution < 1.29 is 0 Å². The molecule has 0 fully saturated rings. The summed E-state index contributed by atoms with van der Waals surface area (Å²) in [7, 11) is 0. The number of imidazole rings is 1. The predicted octanol–water partition coefficient (Wildman–Crippen LogP) is 5.19. The summed E-state index contributed by atoms with van der Waals surface area (Å²) < 4.78 is 0. The third-order valence-corrected chi connectivity index (χ3v) is 3.51. The van der Waals surface area contributed by atoms with Gasteiger partial charge in [0.2, 0.25) is 0 Å². The molecule has 0 bridgehead atoms. The van der Waals surface area contributed by atoms with Crippen LogP contribution < -0.4 is 0 Å². The quantitative estimate of drug-likeness (QED) is 0.658. The van der Waals surface area contributed by atoms with Gasteiger partial charge in [-0.2, -0.15) is 0 Å². The highest BCUT2D eigenvalue weighted by Gasteiger charge is 2.12. The van der Waals surface area contributed by atoms with Crippen LogP contribution in [0.5, 0.6) is 0 Å². The number of rotatable bonds is 1. The van der Waals surface area contributed by atoms with Crippen molar-refractivity contribution in [3.63, 3.8) is 0 Å². The van der Waals surface area contributed by atoms with Crippen LogP contribution in [-0.4, -0.2) is 9.97 Å². The Bertz CT molecular complexity index is 714.